The lowest BCUT2D eigenvalue weighted by Crippen LogP contribution is -2.35. The van der Waals surface area contributed by atoms with Gasteiger partial charge < -0.3 is 24.8 Å². The van der Waals surface area contributed by atoms with Crippen molar-refractivity contribution in [3.63, 3.8) is 0 Å². The molecule has 0 bridgehead atoms. The summed E-state index contributed by atoms with van der Waals surface area (Å²) in [6, 6.07) is 3.46. The minimum absolute atomic E-state index is 0.0325. The molecule has 1 heterocycles. The van der Waals surface area contributed by atoms with E-state index in [1.807, 2.05) is 0 Å². The van der Waals surface area contributed by atoms with Crippen LogP contribution in [-0.4, -0.2) is 53.7 Å². The van der Waals surface area contributed by atoms with Gasteiger partial charge in [-0.15, -0.1) is 0 Å². The molecule has 96 valence electrons. The molecule has 0 aliphatic carbocycles. The minimum atomic E-state index is -0.929. The molecule has 6 heteroatoms. The van der Waals surface area contributed by atoms with E-state index in [0.29, 0.717) is 18.8 Å². The Hall–Kier alpha value is -1.37. The Balaban J connectivity index is 2.53. The Kier molecular flexibility index (Phi) is 5.68. The zero-order chi connectivity index (χ0) is 12.7. The lowest BCUT2D eigenvalue weighted by Gasteiger charge is -2.11. The number of nitrogens with zero attached hydrogens (tertiary/aromatic N) is 1. The molecule has 17 heavy (non-hydrogen) atoms. The summed E-state index contributed by atoms with van der Waals surface area (Å²) in [4.78, 5) is 11.7. The first-order chi connectivity index (χ1) is 8.19. The topological polar surface area (TPSA) is 83.7 Å². The average molecular weight is 242 g/mol. The Morgan fingerprint density at radius 2 is 2.41 bits per heavy atom. The number of aromatic nitrogens is 1. The van der Waals surface area contributed by atoms with Crippen molar-refractivity contribution in [3.05, 3.63) is 24.0 Å². The van der Waals surface area contributed by atoms with Crippen molar-refractivity contribution in [3.8, 4) is 0 Å². The van der Waals surface area contributed by atoms with E-state index in [4.69, 9.17) is 14.9 Å². The van der Waals surface area contributed by atoms with Crippen LogP contribution in [0.3, 0.4) is 0 Å². The van der Waals surface area contributed by atoms with Crippen LogP contribution in [0.4, 0.5) is 0 Å². The van der Waals surface area contributed by atoms with Crippen LogP contribution in [0.2, 0.25) is 0 Å². The Bertz CT molecular complexity index is 351. The molecule has 0 spiro atoms. The highest BCUT2D eigenvalue weighted by Gasteiger charge is 2.11. The highest BCUT2D eigenvalue weighted by atomic mass is 16.5. The van der Waals surface area contributed by atoms with Crippen LogP contribution in [0.15, 0.2) is 18.3 Å². The number of amides is 1. The molecule has 1 amide bonds. The van der Waals surface area contributed by atoms with Gasteiger partial charge in [0.2, 0.25) is 0 Å². The number of carbonyl (C=O) groups excluding carboxylic acids is 1. The van der Waals surface area contributed by atoms with Gasteiger partial charge in [0.15, 0.2) is 0 Å². The van der Waals surface area contributed by atoms with Gasteiger partial charge in [-0.1, -0.05) is 0 Å². The van der Waals surface area contributed by atoms with E-state index in [1.165, 1.54) is 0 Å². The predicted octanol–water partition coefficient (Wildman–Crippen LogP) is -0.782. The Morgan fingerprint density at radius 1 is 1.65 bits per heavy atom. The summed E-state index contributed by atoms with van der Waals surface area (Å²) in [5.41, 5.74) is 0.507. The molecule has 6 nitrogen and oxygen atoms in total. The summed E-state index contributed by atoms with van der Waals surface area (Å²) >= 11 is 0. The third kappa shape index (κ3) is 4.18. The van der Waals surface area contributed by atoms with E-state index in [-0.39, 0.29) is 19.1 Å². The maximum Gasteiger partial charge on any atom is 0.267 e. The van der Waals surface area contributed by atoms with Gasteiger partial charge in [0.05, 0.1) is 19.3 Å². The minimum Gasteiger partial charge on any atom is -0.394 e. The number of carbonyl (C=O) groups is 1. The molecule has 1 rings (SSSR count). The summed E-state index contributed by atoms with van der Waals surface area (Å²) in [5, 5.41) is 20.3. The summed E-state index contributed by atoms with van der Waals surface area (Å²) in [7, 11) is 1.60. The van der Waals surface area contributed by atoms with Crippen molar-refractivity contribution in [2.75, 3.05) is 26.9 Å². The molecule has 1 unspecified atom stereocenters. The van der Waals surface area contributed by atoms with Gasteiger partial charge in [-0.3, -0.25) is 4.79 Å². The molecular weight excluding hydrogens is 224 g/mol. The zero-order valence-corrected chi connectivity index (χ0v) is 9.80. The first-order valence-corrected chi connectivity index (χ1v) is 5.40. The number of nitrogens with one attached hydrogen (secondary N) is 1. The average Bonchev–Trinajstić information content (AvgIpc) is 2.81. The predicted molar refractivity (Wildman–Crippen MR) is 61.7 cm³/mol. The third-order valence-corrected chi connectivity index (χ3v) is 2.31. The third-order valence-electron chi connectivity index (χ3n) is 2.31. The first kappa shape index (κ1) is 13.7. The molecule has 0 aromatic carbocycles. The van der Waals surface area contributed by atoms with Gasteiger partial charge in [0.25, 0.3) is 5.91 Å². The van der Waals surface area contributed by atoms with Crippen molar-refractivity contribution in [1.29, 1.82) is 0 Å². The van der Waals surface area contributed by atoms with Crippen LogP contribution >= 0.6 is 0 Å². The number of methoxy groups -OCH3 is 1. The standard InChI is InChI=1S/C11H18N2O4/c1-17-6-5-13-4-2-3-10(13)11(16)12-7-9(15)8-14/h2-4,9,14-15H,5-8H2,1H3,(H,12,16). The summed E-state index contributed by atoms with van der Waals surface area (Å²) in [6.45, 7) is 0.777. The van der Waals surface area contributed by atoms with Crippen molar-refractivity contribution in [1.82, 2.24) is 9.88 Å². The summed E-state index contributed by atoms with van der Waals surface area (Å²) in [6.07, 6.45) is 0.859. The fraction of sp³-hybridized carbons (Fsp3) is 0.545. The normalized spacial score (nSPS) is 12.4. The molecule has 3 N–H and O–H groups in total. The number of ether oxygens (including phenoxy) is 1. The summed E-state index contributed by atoms with van der Waals surface area (Å²) < 4.78 is 6.71. The number of hydrogen-bond donors (Lipinski definition) is 3. The fourth-order valence-corrected chi connectivity index (χ4v) is 1.37. The van der Waals surface area contributed by atoms with Gasteiger partial charge in [0, 0.05) is 26.4 Å². The molecule has 0 fully saturated rings. The van der Waals surface area contributed by atoms with Gasteiger partial charge in [-0.25, -0.2) is 0 Å². The fourth-order valence-electron chi connectivity index (χ4n) is 1.37. The van der Waals surface area contributed by atoms with Crippen molar-refractivity contribution >= 4 is 5.91 Å². The second-order valence-corrected chi connectivity index (χ2v) is 3.63. The number of aliphatic hydroxyl groups excluding tert-OH is 2. The molecule has 0 saturated heterocycles. The number of rotatable bonds is 7. The number of aliphatic hydroxyl groups is 2. The SMILES string of the molecule is COCCn1cccc1C(=O)NCC(O)CO. The monoisotopic (exact) mass is 242 g/mol. The van der Waals surface area contributed by atoms with E-state index in [1.54, 1.807) is 30.0 Å². The van der Waals surface area contributed by atoms with Crippen LogP contribution in [0.5, 0.6) is 0 Å². The summed E-state index contributed by atoms with van der Waals surface area (Å²) in [5.74, 6) is -0.279. The van der Waals surface area contributed by atoms with E-state index >= 15 is 0 Å². The van der Waals surface area contributed by atoms with E-state index < -0.39 is 6.10 Å². The van der Waals surface area contributed by atoms with Crippen LogP contribution in [0, 0.1) is 0 Å². The largest absolute Gasteiger partial charge is 0.394 e. The van der Waals surface area contributed by atoms with Crippen molar-refractivity contribution in [2.24, 2.45) is 0 Å². The van der Waals surface area contributed by atoms with Crippen molar-refractivity contribution in [2.45, 2.75) is 12.6 Å². The van der Waals surface area contributed by atoms with Crippen LogP contribution in [0.1, 0.15) is 10.5 Å². The Morgan fingerprint density at radius 3 is 3.06 bits per heavy atom. The van der Waals surface area contributed by atoms with Crippen LogP contribution in [0.25, 0.3) is 0 Å². The molecule has 1 aromatic heterocycles. The molecule has 1 aromatic rings. The van der Waals surface area contributed by atoms with Crippen molar-refractivity contribution < 1.29 is 19.7 Å². The molecule has 0 saturated carbocycles. The van der Waals surface area contributed by atoms with Crippen LogP contribution in [-0.2, 0) is 11.3 Å². The van der Waals surface area contributed by atoms with E-state index in [9.17, 15) is 4.79 Å². The van der Waals surface area contributed by atoms with Gasteiger partial charge in [-0.05, 0) is 12.1 Å². The smallest absolute Gasteiger partial charge is 0.267 e. The first-order valence-electron chi connectivity index (χ1n) is 5.40. The maximum atomic E-state index is 11.7. The van der Waals surface area contributed by atoms with Gasteiger partial charge in [0.1, 0.15) is 5.69 Å². The Labute approximate surface area is 99.8 Å². The lowest BCUT2D eigenvalue weighted by atomic mass is 10.3. The van der Waals surface area contributed by atoms with E-state index in [0.717, 1.165) is 0 Å². The molecular formula is C11H18N2O4. The molecule has 0 radical (unpaired) electrons. The highest BCUT2D eigenvalue weighted by molar-refractivity contribution is 5.92. The maximum absolute atomic E-state index is 11.7. The van der Waals surface area contributed by atoms with E-state index in [2.05, 4.69) is 5.32 Å². The highest BCUT2D eigenvalue weighted by Crippen LogP contribution is 2.02. The molecule has 0 aliphatic rings. The molecule has 0 aliphatic heterocycles. The second kappa shape index (κ2) is 7.05. The van der Waals surface area contributed by atoms with Gasteiger partial charge >= 0.3 is 0 Å². The van der Waals surface area contributed by atoms with Crippen LogP contribution < -0.4 is 5.32 Å². The van der Waals surface area contributed by atoms with Gasteiger partial charge in [-0.2, -0.15) is 0 Å². The quantitative estimate of drug-likeness (QED) is 0.585. The second-order valence-electron chi connectivity index (χ2n) is 3.63. The number of hydrogen-bond acceptors (Lipinski definition) is 4. The zero-order valence-electron chi connectivity index (χ0n) is 9.80. The molecule has 1 atom stereocenters. The lowest BCUT2D eigenvalue weighted by molar-refractivity contribution is 0.0794.